The van der Waals surface area contributed by atoms with Gasteiger partial charge in [0.25, 0.3) is 0 Å². The number of rotatable bonds is 3. The predicted octanol–water partition coefficient (Wildman–Crippen LogP) is 4.01. The van der Waals surface area contributed by atoms with E-state index in [0.717, 1.165) is 33.7 Å². The summed E-state index contributed by atoms with van der Waals surface area (Å²) in [5, 5.41) is 2.98. The molecule has 0 saturated heterocycles. The zero-order chi connectivity index (χ0) is 19.0. The van der Waals surface area contributed by atoms with Crippen LogP contribution in [0.3, 0.4) is 0 Å². The van der Waals surface area contributed by atoms with Gasteiger partial charge in [-0.1, -0.05) is 42.0 Å². The lowest BCUT2D eigenvalue weighted by Crippen LogP contribution is -2.38. The number of ether oxygens (including phenoxy) is 1. The van der Waals surface area contributed by atoms with Crippen molar-refractivity contribution in [2.24, 2.45) is 0 Å². The molecule has 138 valence electrons. The zero-order valence-corrected chi connectivity index (χ0v) is 15.6. The molecule has 0 unspecified atom stereocenters. The van der Waals surface area contributed by atoms with Crippen molar-refractivity contribution in [1.82, 2.24) is 5.32 Å². The quantitative estimate of drug-likeness (QED) is 0.899. The number of benzene rings is 2. The van der Waals surface area contributed by atoms with Gasteiger partial charge in [0.15, 0.2) is 5.78 Å². The van der Waals surface area contributed by atoms with Crippen LogP contribution in [0.25, 0.3) is 0 Å². The van der Waals surface area contributed by atoms with E-state index in [1.165, 1.54) is 0 Å². The fourth-order valence-electron chi connectivity index (χ4n) is 4.24. The first kappa shape index (κ1) is 17.5. The molecule has 1 aliphatic heterocycles. The van der Waals surface area contributed by atoms with Crippen molar-refractivity contribution in [2.75, 3.05) is 7.11 Å². The number of methoxy groups -OCH3 is 1. The molecule has 1 heterocycles. The van der Waals surface area contributed by atoms with Crippen LogP contribution in [0.2, 0.25) is 0 Å². The van der Waals surface area contributed by atoms with E-state index < -0.39 is 0 Å². The molecule has 0 fully saturated rings. The largest absolute Gasteiger partial charge is 0.497 e. The van der Waals surface area contributed by atoms with E-state index in [9.17, 15) is 9.59 Å². The normalized spacial score (nSPS) is 22.3. The molecular weight excluding hydrogens is 338 g/mol. The molecular formula is C23H23NO3. The van der Waals surface area contributed by atoms with Crippen LogP contribution >= 0.6 is 0 Å². The molecule has 0 aromatic heterocycles. The number of nitrogens with one attached hydrogen (secondary N) is 1. The van der Waals surface area contributed by atoms with E-state index in [1.807, 2.05) is 49.4 Å². The van der Waals surface area contributed by atoms with Crippen molar-refractivity contribution in [1.29, 1.82) is 0 Å². The number of ketones is 1. The lowest BCUT2D eigenvalue weighted by atomic mass is 9.73. The van der Waals surface area contributed by atoms with Crippen LogP contribution in [0, 0.1) is 6.92 Å². The van der Waals surface area contributed by atoms with E-state index in [4.69, 9.17) is 4.74 Å². The van der Waals surface area contributed by atoms with E-state index in [1.54, 1.807) is 7.11 Å². The fourth-order valence-corrected chi connectivity index (χ4v) is 4.24. The Kier molecular flexibility index (Phi) is 4.56. The maximum absolute atomic E-state index is 13.1. The third-order valence-corrected chi connectivity index (χ3v) is 5.57. The highest BCUT2D eigenvalue weighted by atomic mass is 16.5. The average molecular weight is 361 g/mol. The van der Waals surface area contributed by atoms with Gasteiger partial charge in [-0.15, -0.1) is 0 Å². The van der Waals surface area contributed by atoms with Crippen molar-refractivity contribution < 1.29 is 14.3 Å². The number of carbonyl (C=O) groups excluding carboxylic acids is 2. The average Bonchev–Trinajstić information content (AvgIpc) is 2.67. The molecule has 2 aromatic rings. The van der Waals surface area contributed by atoms with Crippen LogP contribution in [0.5, 0.6) is 5.75 Å². The van der Waals surface area contributed by atoms with Gasteiger partial charge < -0.3 is 10.1 Å². The van der Waals surface area contributed by atoms with Gasteiger partial charge in [0.05, 0.1) is 7.11 Å². The van der Waals surface area contributed by atoms with Crippen LogP contribution in [0.1, 0.15) is 47.8 Å². The molecule has 27 heavy (non-hydrogen) atoms. The first-order valence-electron chi connectivity index (χ1n) is 9.31. The van der Waals surface area contributed by atoms with Gasteiger partial charge >= 0.3 is 0 Å². The highest BCUT2D eigenvalue weighted by molar-refractivity contribution is 6.02. The smallest absolute Gasteiger partial charge is 0.225 e. The van der Waals surface area contributed by atoms with Crippen LogP contribution < -0.4 is 10.1 Å². The number of aryl methyl sites for hydroxylation is 1. The Hall–Kier alpha value is -2.88. The Morgan fingerprint density at radius 3 is 2.44 bits per heavy atom. The summed E-state index contributed by atoms with van der Waals surface area (Å²) in [6.07, 6.45) is 1.49. The van der Waals surface area contributed by atoms with Crippen molar-refractivity contribution in [2.45, 2.75) is 38.0 Å². The summed E-state index contributed by atoms with van der Waals surface area (Å²) in [5.41, 5.74) is 4.89. The lowest BCUT2D eigenvalue weighted by molar-refractivity contribution is -0.122. The van der Waals surface area contributed by atoms with Crippen molar-refractivity contribution in [3.05, 3.63) is 76.5 Å². The highest BCUT2D eigenvalue weighted by Gasteiger charge is 2.38. The topological polar surface area (TPSA) is 55.4 Å². The molecule has 1 aliphatic carbocycles. The van der Waals surface area contributed by atoms with Crippen molar-refractivity contribution >= 4 is 11.7 Å². The number of Topliss-reactive ketones (excluding diaryl/α,β-unsaturated/α-hetero) is 1. The van der Waals surface area contributed by atoms with Crippen molar-refractivity contribution in [3.8, 4) is 5.75 Å². The summed E-state index contributed by atoms with van der Waals surface area (Å²) in [7, 11) is 1.64. The zero-order valence-electron chi connectivity index (χ0n) is 15.6. The van der Waals surface area contributed by atoms with Crippen LogP contribution in [0.15, 0.2) is 59.8 Å². The maximum atomic E-state index is 13.1. The summed E-state index contributed by atoms with van der Waals surface area (Å²) in [4.78, 5) is 25.4. The summed E-state index contributed by atoms with van der Waals surface area (Å²) in [5.74, 6) is 0.870. The van der Waals surface area contributed by atoms with Gasteiger partial charge in [-0.25, -0.2) is 0 Å². The van der Waals surface area contributed by atoms with Crippen molar-refractivity contribution in [3.63, 3.8) is 0 Å². The fraction of sp³-hybridized carbons (Fsp3) is 0.304. The summed E-state index contributed by atoms with van der Waals surface area (Å²) in [6, 6.07) is 16.0. The Morgan fingerprint density at radius 2 is 1.74 bits per heavy atom. The molecule has 1 N–H and O–H groups in total. The number of hydrogen-bond acceptors (Lipinski definition) is 3. The molecule has 2 atom stereocenters. The van der Waals surface area contributed by atoms with Crippen LogP contribution in [-0.2, 0) is 9.59 Å². The molecule has 0 saturated carbocycles. The molecule has 0 spiro atoms. The minimum atomic E-state index is -0.141. The second-order valence-electron chi connectivity index (χ2n) is 7.41. The minimum absolute atomic E-state index is 0.0107. The van der Waals surface area contributed by atoms with E-state index in [0.29, 0.717) is 19.3 Å². The molecule has 2 aromatic carbocycles. The SMILES string of the molecule is COc1ccc([C@H]2CC(=O)C3=C(C2)NC(=O)C[C@@H]3c2cccc(C)c2)cc1. The summed E-state index contributed by atoms with van der Waals surface area (Å²) < 4.78 is 5.22. The van der Waals surface area contributed by atoms with Gasteiger partial charge in [-0.2, -0.15) is 0 Å². The molecule has 4 nitrogen and oxygen atoms in total. The minimum Gasteiger partial charge on any atom is -0.497 e. The molecule has 4 heteroatoms. The van der Waals surface area contributed by atoms with Crippen LogP contribution in [-0.4, -0.2) is 18.8 Å². The third-order valence-electron chi connectivity index (χ3n) is 5.57. The number of hydrogen-bond donors (Lipinski definition) is 1. The molecule has 4 rings (SSSR count). The summed E-state index contributed by atoms with van der Waals surface area (Å²) >= 11 is 0. The lowest BCUT2D eigenvalue weighted by Gasteiger charge is -2.34. The predicted molar refractivity (Wildman–Crippen MR) is 104 cm³/mol. The summed E-state index contributed by atoms with van der Waals surface area (Å²) in [6.45, 7) is 2.03. The molecule has 0 bridgehead atoms. The van der Waals surface area contributed by atoms with Gasteiger partial charge in [0.2, 0.25) is 5.91 Å². The molecule has 2 aliphatic rings. The Labute approximate surface area is 159 Å². The van der Waals surface area contributed by atoms with Gasteiger partial charge in [-0.05, 0) is 42.5 Å². The first-order chi connectivity index (χ1) is 13.0. The second kappa shape index (κ2) is 7.03. The third kappa shape index (κ3) is 3.39. The highest BCUT2D eigenvalue weighted by Crippen LogP contribution is 2.42. The standard InChI is InChI=1S/C23H23NO3/c1-14-4-3-5-16(10-14)19-13-22(26)24-20-11-17(12-21(25)23(19)20)15-6-8-18(27-2)9-7-15/h3-10,17,19H,11-13H2,1-2H3,(H,24,26)/t17-,19-/m1/s1. The molecule has 0 radical (unpaired) electrons. The second-order valence-corrected chi connectivity index (χ2v) is 7.41. The molecule has 1 amide bonds. The Bertz CT molecular complexity index is 927. The maximum Gasteiger partial charge on any atom is 0.225 e. The first-order valence-corrected chi connectivity index (χ1v) is 9.31. The van der Waals surface area contributed by atoms with E-state index >= 15 is 0 Å². The number of allylic oxidation sites excluding steroid dienone is 2. The number of amides is 1. The monoisotopic (exact) mass is 361 g/mol. The van der Waals surface area contributed by atoms with Gasteiger partial charge in [0.1, 0.15) is 5.75 Å². The van der Waals surface area contributed by atoms with Crippen LogP contribution in [0.4, 0.5) is 0 Å². The Balaban J connectivity index is 1.68. The van der Waals surface area contributed by atoms with E-state index in [-0.39, 0.29) is 23.5 Å². The Morgan fingerprint density at radius 1 is 0.963 bits per heavy atom. The van der Waals surface area contributed by atoms with Gasteiger partial charge in [0, 0.05) is 30.0 Å². The van der Waals surface area contributed by atoms with E-state index in [2.05, 4.69) is 11.4 Å². The number of carbonyl (C=O) groups is 2. The van der Waals surface area contributed by atoms with Gasteiger partial charge in [-0.3, -0.25) is 9.59 Å².